The molecule has 138 valence electrons. The van der Waals surface area contributed by atoms with Crippen LogP contribution in [0.15, 0.2) is 36.4 Å². The van der Waals surface area contributed by atoms with E-state index in [1.807, 2.05) is 0 Å². The van der Waals surface area contributed by atoms with E-state index in [4.69, 9.17) is 32.7 Å². The molecule has 0 unspecified atom stereocenters. The van der Waals surface area contributed by atoms with Crippen LogP contribution in [0.2, 0.25) is 10.0 Å². The summed E-state index contributed by atoms with van der Waals surface area (Å²) in [5.74, 6) is 0.380. The van der Waals surface area contributed by atoms with Crippen molar-refractivity contribution in [3.8, 4) is 11.5 Å². The van der Waals surface area contributed by atoms with Crippen LogP contribution in [0.1, 0.15) is 20.7 Å². The van der Waals surface area contributed by atoms with Gasteiger partial charge in [0, 0.05) is 29.7 Å². The van der Waals surface area contributed by atoms with Crippen molar-refractivity contribution in [1.29, 1.82) is 0 Å². The highest BCUT2D eigenvalue weighted by atomic mass is 35.5. The second-order valence-electron chi connectivity index (χ2n) is 5.24. The summed E-state index contributed by atoms with van der Waals surface area (Å²) in [6.07, 6.45) is 0. The van der Waals surface area contributed by atoms with Crippen LogP contribution in [-0.2, 0) is 0 Å². The van der Waals surface area contributed by atoms with Gasteiger partial charge >= 0.3 is 0 Å². The highest BCUT2D eigenvalue weighted by Gasteiger charge is 2.12. The van der Waals surface area contributed by atoms with Crippen LogP contribution in [0.3, 0.4) is 0 Å². The summed E-state index contributed by atoms with van der Waals surface area (Å²) in [5.41, 5.74) is 0.716. The maximum Gasteiger partial charge on any atom is 0.252 e. The van der Waals surface area contributed by atoms with Gasteiger partial charge in [0.2, 0.25) is 0 Å². The van der Waals surface area contributed by atoms with E-state index in [1.165, 1.54) is 20.3 Å². The van der Waals surface area contributed by atoms with Gasteiger partial charge in [-0.3, -0.25) is 9.59 Å². The van der Waals surface area contributed by atoms with Crippen LogP contribution in [0.5, 0.6) is 11.5 Å². The monoisotopic (exact) mass is 396 g/mol. The Morgan fingerprint density at radius 1 is 0.885 bits per heavy atom. The quantitative estimate of drug-likeness (QED) is 0.704. The molecular weight excluding hydrogens is 379 g/mol. The van der Waals surface area contributed by atoms with Crippen molar-refractivity contribution in [2.75, 3.05) is 27.3 Å². The van der Waals surface area contributed by atoms with Crippen LogP contribution >= 0.6 is 23.2 Å². The molecule has 0 saturated heterocycles. The highest BCUT2D eigenvalue weighted by Crippen LogP contribution is 2.22. The number of carbonyl (C=O) groups is 2. The average Bonchev–Trinajstić information content (AvgIpc) is 2.64. The summed E-state index contributed by atoms with van der Waals surface area (Å²) in [6.45, 7) is 0.486. The largest absolute Gasteiger partial charge is 0.497 e. The van der Waals surface area contributed by atoms with E-state index in [9.17, 15) is 9.59 Å². The molecule has 0 aliphatic rings. The Labute approximate surface area is 161 Å². The van der Waals surface area contributed by atoms with Gasteiger partial charge in [-0.25, -0.2) is 0 Å². The number of hydrogen-bond acceptors (Lipinski definition) is 4. The lowest BCUT2D eigenvalue weighted by Gasteiger charge is -2.10. The first-order chi connectivity index (χ1) is 12.4. The van der Waals surface area contributed by atoms with Gasteiger partial charge in [-0.1, -0.05) is 23.2 Å². The number of rotatable bonds is 7. The summed E-state index contributed by atoms with van der Waals surface area (Å²) < 4.78 is 10.3. The third-order valence-electron chi connectivity index (χ3n) is 3.49. The third-order valence-corrected chi connectivity index (χ3v) is 4.03. The fraction of sp³-hybridized carbons (Fsp3) is 0.222. The first kappa shape index (κ1) is 19.9. The second kappa shape index (κ2) is 9.31. The molecule has 2 N–H and O–H groups in total. The number of methoxy groups -OCH3 is 2. The van der Waals surface area contributed by atoms with Gasteiger partial charge in [-0.2, -0.15) is 0 Å². The SMILES string of the molecule is COc1cc(OC)cc(C(=O)NCCNC(=O)c2ccc(Cl)cc2Cl)c1. The Bertz CT molecular complexity index is 790. The number of nitrogens with one attached hydrogen (secondary N) is 2. The number of benzene rings is 2. The zero-order chi connectivity index (χ0) is 19.1. The molecule has 0 aliphatic carbocycles. The van der Waals surface area contributed by atoms with Crippen molar-refractivity contribution in [2.24, 2.45) is 0 Å². The average molecular weight is 397 g/mol. The first-order valence-corrected chi connectivity index (χ1v) is 8.44. The van der Waals surface area contributed by atoms with Gasteiger partial charge < -0.3 is 20.1 Å². The van der Waals surface area contributed by atoms with Gasteiger partial charge in [0.05, 0.1) is 24.8 Å². The summed E-state index contributed by atoms with van der Waals surface area (Å²) in [5, 5.41) is 6.11. The molecule has 0 aliphatic heterocycles. The van der Waals surface area contributed by atoms with Gasteiger partial charge in [-0.15, -0.1) is 0 Å². The molecular formula is C18H18Cl2N2O4. The van der Waals surface area contributed by atoms with E-state index in [1.54, 1.807) is 30.3 Å². The summed E-state index contributed by atoms with van der Waals surface area (Å²) in [6, 6.07) is 9.50. The van der Waals surface area contributed by atoms with E-state index in [0.717, 1.165) is 0 Å². The molecule has 0 bridgehead atoms. The standard InChI is InChI=1S/C18H18Cl2N2O4/c1-25-13-7-11(8-14(10-13)26-2)17(23)21-5-6-22-18(24)15-4-3-12(19)9-16(15)20/h3-4,7-10H,5-6H2,1-2H3,(H,21,23)(H,22,24). The third kappa shape index (κ3) is 5.28. The molecule has 8 heteroatoms. The molecule has 0 saturated carbocycles. The molecule has 2 aromatic rings. The Hall–Kier alpha value is -2.44. The number of hydrogen-bond donors (Lipinski definition) is 2. The van der Waals surface area contributed by atoms with E-state index < -0.39 is 0 Å². The maximum atomic E-state index is 12.2. The van der Waals surface area contributed by atoms with Crippen molar-refractivity contribution in [1.82, 2.24) is 10.6 Å². The van der Waals surface area contributed by atoms with Crippen molar-refractivity contribution in [3.05, 3.63) is 57.6 Å². The normalized spacial score (nSPS) is 10.2. The number of amides is 2. The summed E-state index contributed by atoms with van der Waals surface area (Å²) >= 11 is 11.8. The predicted molar refractivity (Wildman–Crippen MR) is 101 cm³/mol. The van der Waals surface area contributed by atoms with E-state index in [0.29, 0.717) is 27.6 Å². The van der Waals surface area contributed by atoms with Gasteiger partial charge in [0.15, 0.2) is 0 Å². The second-order valence-corrected chi connectivity index (χ2v) is 6.08. The van der Waals surface area contributed by atoms with Crippen molar-refractivity contribution >= 4 is 35.0 Å². The summed E-state index contributed by atoms with van der Waals surface area (Å²) in [7, 11) is 3.02. The Morgan fingerprint density at radius 3 is 2.00 bits per heavy atom. The maximum absolute atomic E-state index is 12.2. The van der Waals surface area contributed by atoms with E-state index in [2.05, 4.69) is 10.6 Å². The van der Waals surface area contributed by atoms with Crippen LogP contribution in [-0.4, -0.2) is 39.1 Å². The topological polar surface area (TPSA) is 76.7 Å². The minimum absolute atomic E-state index is 0.241. The van der Waals surface area contributed by atoms with Crippen LogP contribution in [0.4, 0.5) is 0 Å². The molecule has 0 fully saturated rings. The molecule has 0 aromatic heterocycles. The van der Waals surface area contributed by atoms with Gasteiger partial charge in [-0.05, 0) is 30.3 Å². The zero-order valence-corrected chi connectivity index (χ0v) is 15.8. The molecule has 2 amide bonds. The van der Waals surface area contributed by atoms with Crippen LogP contribution < -0.4 is 20.1 Å². The highest BCUT2D eigenvalue weighted by molar-refractivity contribution is 6.36. The summed E-state index contributed by atoms with van der Waals surface area (Å²) in [4.78, 5) is 24.3. The lowest BCUT2D eigenvalue weighted by molar-refractivity contribution is 0.0927. The molecule has 2 aromatic carbocycles. The minimum Gasteiger partial charge on any atom is -0.497 e. The van der Waals surface area contributed by atoms with Gasteiger partial charge in [0.25, 0.3) is 11.8 Å². The van der Waals surface area contributed by atoms with Crippen molar-refractivity contribution in [2.45, 2.75) is 0 Å². The zero-order valence-electron chi connectivity index (χ0n) is 14.3. The fourth-order valence-corrected chi connectivity index (χ4v) is 2.66. The van der Waals surface area contributed by atoms with Gasteiger partial charge in [0.1, 0.15) is 11.5 Å². The first-order valence-electron chi connectivity index (χ1n) is 7.69. The molecule has 6 nitrogen and oxygen atoms in total. The molecule has 0 spiro atoms. The van der Waals surface area contributed by atoms with Crippen molar-refractivity contribution < 1.29 is 19.1 Å². The molecule has 0 heterocycles. The van der Waals surface area contributed by atoms with Crippen LogP contribution in [0, 0.1) is 0 Å². The Kier molecular flexibility index (Phi) is 7.12. The fourth-order valence-electron chi connectivity index (χ4n) is 2.16. The Balaban J connectivity index is 1.87. The molecule has 0 radical (unpaired) electrons. The van der Waals surface area contributed by atoms with Crippen LogP contribution in [0.25, 0.3) is 0 Å². The lowest BCUT2D eigenvalue weighted by atomic mass is 10.2. The number of carbonyl (C=O) groups excluding carboxylic acids is 2. The Morgan fingerprint density at radius 2 is 1.46 bits per heavy atom. The molecule has 2 rings (SSSR count). The number of halogens is 2. The predicted octanol–water partition coefficient (Wildman–Crippen LogP) is 3.17. The van der Waals surface area contributed by atoms with Crippen molar-refractivity contribution in [3.63, 3.8) is 0 Å². The van der Waals surface area contributed by atoms with E-state index in [-0.39, 0.29) is 29.9 Å². The minimum atomic E-state index is -0.344. The van der Waals surface area contributed by atoms with E-state index >= 15 is 0 Å². The number of ether oxygens (including phenoxy) is 2. The smallest absolute Gasteiger partial charge is 0.252 e. The lowest BCUT2D eigenvalue weighted by Crippen LogP contribution is -2.34. The molecule has 0 atom stereocenters. The molecule has 26 heavy (non-hydrogen) atoms.